The van der Waals surface area contributed by atoms with Gasteiger partial charge in [0.05, 0.1) is 0 Å². The first-order valence-corrected chi connectivity index (χ1v) is 7.66. The van der Waals surface area contributed by atoms with Crippen molar-refractivity contribution in [3.05, 3.63) is 29.3 Å². The Labute approximate surface area is 122 Å². The predicted molar refractivity (Wildman–Crippen MR) is 83.7 cm³/mol. The maximum atomic E-state index is 12.9. The maximum absolute atomic E-state index is 12.9. The quantitative estimate of drug-likeness (QED) is 0.852. The van der Waals surface area contributed by atoms with Crippen molar-refractivity contribution in [3.8, 4) is 0 Å². The molecule has 1 aromatic rings. The molecule has 0 saturated heterocycles. The van der Waals surface area contributed by atoms with Crippen LogP contribution in [0.15, 0.2) is 18.2 Å². The molecular weight excluding hydrogens is 248 g/mol. The van der Waals surface area contributed by atoms with Crippen LogP contribution in [-0.2, 0) is 0 Å². The van der Waals surface area contributed by atoms with E-state index >= 15 is 0 Å². The molecule has 0 heterocycles. The minimum absolute atomic E-state index is 0.170. The number of nitrogens with two attached hydrogens (primary N) is 1. The van der Waals surface area contributed by atoms with E-state index in [-0.39, 0.29) is 5.91 Å². The number of carbonyl (C=O) groups is 1. The first-order chi connectivity index (χ1) is 9.49. The van der Waals surface area contributed by atoms with Crippen LogP contribution in [0.25, 0.3) is 0 Å². The summed E-state index contributed by atoms with van der Waals surface area (Å²) in [5, 5.41) is 0. The van der Waals surface area contributed by atoms with Gasteiger partial charge in [0.15, 0.2) is 0 Å². The molecule has 1 aromatic carbocycles. The van der Waals surface area contributed by atoms with Gasteiger partial charge in [0.2, 0.25) is 0 Å². The van der Waals surface area contributed by atoms with E-state index in [0.717, 1.165) is 36.2 Å². The summed E-state index contributed by atoms with van der Waals surface area (Å²) in [6.45, 7) is 7.15. The van der Waals surface area contributed by atoms with Crippen molar-refractivity contribution < 1.29 is 4.79 Å². The third-order valence-corrected chi connectivity index (χ3v) is 4.07. The number of rotatable bonds is 4. The molecule has 2 rings (SSSR count). The zero-order chi connectivity index (χ0) is 14.7. The van der Waals surface area contributed by atoms with E-state index in [4.69, 9.17) is 5.73 Å². The van der Waals surface area contributed by atoms with Crippen LogP contribution in [0.2, 0.25) is 0 Å². The number of anilines is 1. The number of benzene rings is 1. The van der Waals surface area contributed by atoms with Crippen LogP contribution in [0.1, 0.15) is 55.5 Å². The van der Waals surface area contributed by atoms with E-state index in [9.17, 15) is 4.79 Å². The Morgan fingerprint density at radius 2 is 2.00 bits per heavy atom. The van der Waals surface area contributed by atoms with Gasteiger partial charge in [-0.3, -0.25) is 4.79 Å². The van der Waals surface area contributed by atoms with Gasteiger partial charge < -0.3 is 10.6 Å². The number of nitrogen functional groups attached to an aromatic ring is 1. The molecule has 0 spiro atoms. The van der Waals surface area contributed by atoms with Gasteiger partial charge in [-0.2, -0.15) is 0 Å². The average Bonchev–Trinajstić information content (AvgIpc) is 2.88. The van der Waals surface area contributed by atoms with Gasteiger partial charge in [-0.05, 0) is 49.4 Å². The van der Waals surface area contributed by atoms with E-state index in [1.807, 2.05) is 25.1 Å². The minimum atomic E-state index is 0.170. The van der Waals surface area contributed by atoms with Gasteiger partial charge in [0.25, 0.3) is 5.91 Å². The standard InChI is InChI=1S/C17H26N2O/c1-12(2)11-19(15-6-4-5-7-15)17(20)16-9-8-14(18)10-13(16)3/h8-10,12,15H,4-7,11,18H2,1-3H3. The van der Waals surface area contributed by atoms with Crippen LogP contribution in [0, 0.1) is 12.8 Å². The Morgan fingerprint density at radius 1 is 1.35 bits per heavy atom. The van der Waals surface area contributed by atoms with Crippen LogP contribution < -0.4 is 5.73 Å². The molecule has 20 heavy (non-hydrogen) atoms. The highest BCUT2D eigenvalue weighted by molar-refractivity contribution is 5.96. The molecule has 0 bridgehead atoms. The summed E-state index contributed by atoms with van der Waals surface area (Å²) in [5.41, 5.74) is 8.27. The maximum Gasteiger partial charge on any atom is 0.254 e. The zero-order valence-corrected chi connectivity index (χ0v) is 12.9. The normalized spacial score (nSPS) is 15.8. The van der Waals surface area contributed by atoms with Crippen molar-refractivity contribution in [2.45, 2.75) is 52.5 Å². The fraction of sp³-hybridized carbons (Fsp3) is 0.588. The van der Waals surface area contributed by atoms with E-state index in [0.29, 0.717) is 12.0 Å². The van der Waals surface area contributed by atoms with E-state index in [2.05, 4.69) is 18.7 Å². The van der Waals surface area contributed by atoms with Gasteiger partial charge in [0.1, 0.15) is 0 Å². The molecule has 3 nitrogen and oxygen atoms in total. The summed E-state index contributed by atoms with van der Waals surface area (Å²) in [6, 6.07) is 5.99. The second kappa shape index (κ2) is 6.29. The van der Waals surface area contributed by atoms with Crippen molar-refractivity contribution in [2.75, 3.05) is 12.3 Å². The number of nitrogens with zero attached hydrogens (tertiary/aromatic N) is 1. The Bertz CT molecular complexity index is 476. The van der Waals surface area contributed by atoms with Gasteiger partial charge in [-0.1, -0.05) is 26.7 Å². The lowest BCUT2D eigenvalue weighted by molar-refractivity contribution is 0.0655. The highest BCUT2D eigenvalue weighted by Crippen LogP contribution is 2.26. The Kier molecular flexibility index (Phi) is 4.69. The summed E-state index contributed by atoms with van der Waals surface area (Å²) in [7, 11) is 0. The molecule has 1 fully saturated rings. The van der Waals surface area contributed by atoms with Crippen LogP contribution in [0.3, 0.4) is 0 Å². The lowest BCUT2D eigenvalue weighted by atomic mass is 10.0. The molecule has 1 aliphatic carbocycles. The smallest absolute Gasteiger partial charge is 0.254 e. The van der Waals surface area contributed by atoms with Gasteiger partial charge in [-0.25, -0.2) is 0 Å². The molecule has 110 valence electrons. The van der Waals surface area contributed by atoms with Crippen molar-refractivity contribution in [1.29, 1.82) is 0 Å². The SMILES string of the molecule is Cc1cc(N)ccc1C(=O)N(CC(C)C)C1CCCC1. The predicted octanol–water partition coefficient (Wildman–Crippen LogP) is 3.62. The Hall–Kier alpha value is -1.51. The van der Waals surface area contributed by atoms with E-state index in [1.54, 1.807) is 0 Å². The number of hydrogen-bond acceptors (Lipinski definition) is 2. The fourth-order valence-corrected chi connectivity index (χ4v) is 3.09. The first-order valence-electron chi connectivity index (χ1n) is 7.66. The number of hydrogen-bond donors (Lipinski definition) is 1. The zero-order valence-electron chi connectivity index (χ0n) is 12.9. The van der Waals surface area contributed by atoms with Gasteiger partial charge in [-0.15, -0.1) is 0 Å². The number of aryl methyl sites for hydroxylation is 1. The molecule has 0 aromatic heterocycles. The van der Waals surface area contributed by atoms with Crippen LogP contribution in [0.4, 0.5) is 5.69 Å². The van der Waals surface area contributed by atoms with Crippen LogP contribution in [0.5, 0.6) is 0 Å². The van der Waals surface area contributed by atoms with Crippen LogP contribution in [-0.4, -0.2) is 23.4 Å². The molecule has 1 aliphatic rings. The summed E-state index contributed by atoms with van der Waals surface area (Å²) in [5.74, 6) is 0.664. The second-order valence-electron chi connectivity index (χ2n) is 6.36. The molecule has 0 aliphatic heterocycles. The van der Waals surface area contributed by atoms with Crippen LogP contribution >= 0.6 is 0 Å². The third-order valence-electron chi connectivity index (χ3n) is 4.07. The molecule has 0 atom stereocenters. The summed E-state index contributed by atoms with van der Waals surface area (Å²) in [4.78, 5) is 15.0. The Morgan fingerprint density at radius 3 is 2.55 bits per heavy atom. The summed E-state index contributed by atoms with van der Waals surface area (Å²) in [6.07, 6.45) is 4.78. The second-order valence-corrected chi connectivity index (χ2v) is 6.36. The molecule has 0 radical (unpaired) electrons. The fourth-order valence-electron chi connectivity index (χ4n) is 3.09. The van der Waals surface area contributed by atoms with Crippen molar-refractivity contribution in [2.24, 2.45) is 5.92 Å². The minimum Gasteiger partial charge on any atom is -0.399 e. The molecule has 1 saturated carbocycles. The average molecular weight is 274 g/mol. The molecule has 2 N–H and O–H groups in total. The molecule has 0 unspecified atom stereocenters. The van der Waals surface area contributed by atoms with Crippen molar-refractivity contribution in [3.63, 3.8) is 0 Å². The first kappa shape index (κ1) is 14.9. The van der Waals surface area contributed by atoms with E-state index in [1.165, 1.54) is 12.8 Å². The molecule has 3 heteroatoms. The number of carbonyl (C=O) groups excluding carboxylic acids is 1. The topological polar surface area (TPSA) is 46.3 Å². The third kappa shape index (κ3) is 3.33. The lowest BCUT2D eigenvalue weighted by Crippen LogP contribution is -2.41. The van der Waals surface area contributed by atoms with Crippen molar-refractivity contribution in [1.82, 2.24) is 4.90 Å². The highest BCUT2D eigenvalue weighted by Gasteiger charge is 2.28. The highest BCUT2D eigenvalue weighted by atomic mass is 16.2. The summed E-state index contributed by atoms with van der Waals surface area (Å²) < 4.78 is 0. The van der Waals surface area contributed by atoms with Gasteiger partial charge >= 0.3 is 0 Å². The molecule has 1 amide bonds. The lowest BCUT2D eigenvalue weighted by Gasteiger charge is -2.31. The number of amides is 1. The molecular formula is C17H26N2O. The monoisotopic (exact) mass is 274 g/mol. The largest absolute Gasteiger partial charge is 0.399 e. The summed E-state index contributed by atoms with van der Waals surface area (Å²) >= 11 is 0. The Balaban J connectivity index is 2.24. The van der Waals surface area contributed by atoms with Gasteiger partial charge in [0, 0.05) is 23.8 Å². The van der Waals surface area contributed by atoms with E-state index < -0.39 is 0 Å². The van der Waals surface area contributed by atoms with Crippen molar-refractivity contribution >= 4 is 11.6 Å².